The van der Waals surface area contributed by atoms with Gasteiger partial charge in [-0.1, -0.05) is 61.3 Å². The van der Waals surface area contributed by atoms with Gasteiger partial charge in [0, 0.05) is 49.4 Å². The number of likely N-dealkylation sites (N-methyl/N-ethyl adjacent to an activating group) is 1. The maximum atomic E-state index is 12.4. The average molecular weight is 642 g/mol. The highest BCUT2D eigenvalue weighted by atomic mass is 33.1. The van der Waals surface area contributed by atoms with Crippen molar-refractivity contribution >= 4 is 33.4 Å². The largest absolute Gasteiger partial charge is 0.490 e. The molecule has 1 aromatic carbocycles. The zero-order valence-corrected chi connectivity index (χ0v) is 28.1. The van der Waals surface area contributed by atoms with Crippen LogP contribution < -0.4 is 20.7 Å². The molecule has 0 saturated heterocycles. The Kier molecular flexibility index (Phi) is 23.0. The molecular weight excluding hydrogens is 590 g/mol. The molecule has 0 aliphatic carbocycles. The molecule has 0 saturated carbocycles. The lowest BCUT2D eigenvalue weighted by atomic mass is 10.2. The quantitative estimate of drug-likeness (QED) is 0.0665. The van der Waals surface area contributed by atoms with Crippen molar-refractivity contribution in [2.45, 2.75) is 57.1 Å². The molecule has 0 aromatic heterocycles. The normalized spacial score (nSPS) is 11.8. The number of hydrogen-bond acceptors (Lipinski definition) is 10. The fourth-order valence-corrected chi connectivity index (χ4v) is 5.33. The van der Waals surface area contributed by atoms with Gasteiger partial charge in [0.1, 0.15) is 24.4 Å². The van der Waals surface area contributed by atoms with E-state index in [1.165, 1.54) is 0 Å². The molecule has 0 bridgehead atoms. The van der Waals surface area contributed by atoms with Crippen LogP contribution in [0.15, 0.2) is 24.3 Å². The summed E-state index contributed by atoms with van der Waals surface area (Å²) in [6, 6.07) is 7.15. The second kappa shape index (κ2) is 25.4. The first-order valence-electron chi connectivity index (χ1n) is 14.8. The number of ether oxygens (including phenoxy) is 5. The van der Waals surface area contributed by atoms with E-state index < -0.39 is 0 Å². The lowest BCUT2D eigenvalue weighted by molar-refractivity contribution is -0.121. The molecular formula is C31H51N3O7S2. The molecule has 0 radical (unpaired) electrons. The lowest BCUT2D eigenvalue weighted by Crippen LogP contribution is -2.30. The molecule has 1 unspecified atom stereocenters. The van der Waals surface area contributed by atoms with E-state index in [-0.39, 0.29) is 22.0 Å². The minimum absolute atomic E-state index is 0.0142. The third-order valence-corrected chi connectivity index (χ3v) is 8.70. The second-order valence-electron chi connectivity index (χ2n) is 10.2. The van der Waals surface area contributed by atoms with Crippen LogP contribution in [0.4, 0.5) is 0 Å². The van der Waals surface area contributed by atoms with Crippen LogP contribution in [0.5, 0.6) is 5.75 Å². The van der Waals surface area contributed by atoms with Gasteiger partial charge in [-0.25, -0.2) is 0 Å². The van der Waals surface area contributed by atoms with Crippen LogP contribution in [-0.4, -0.2) is 102 Å². The summed E-state index contributed by atoms with van der Waals surface area (Å²) >= 11 is 0. The van der Waals surface area contributed by atoms with Crippen molar-refractivity contribution < 1.29 is 33.3 Å². The van der Waals surface area contributed by atoms with E-state index in [2.05, 4.69) is 48.6 Å². The summed E-state index contributed by atoms with van der Waals surface area (Å²) in [6.45, 7) is 13.6. The summed E-state index contributed by atoms with van der Waals surface area (Å²) in [7, 11) is 5.19. The van der Waals surface area contributed by atoms with E-state index in [1.807, 2.05) is 26.1 Å². The Morgan fingerprint density at radius 1 is 0.930 bits per heavy atom. The Balaban J connectivity index is 2.23. The zero-order valence-electron chi connectivity index (χ0n) is 26.5. The zero-order chi connectivity index (χ0) is 31.6. The van der Waals surface area contributed by atoms with E-state index in [4.69, 9.17) is 23.7 Å². The summed E-state index contributed by atoms with van der Waals surface area (Å²) < 4.78 is 28.6. The second-order valence-corrected chi connectivity index (χ2v) is 13.4. The topological polar surface area (TPSA) is 116 Å². The van der Waals surface area contributed by atoms with Crippen LogP contribution in [0.2, 0.25) is 0 Å². The molecule has 1 atom stereocenters. The Labute approximate surface area is 266 Å². The molecule has 0 aliphatic rings. The molecule has 244 valence electrons. The first kappa shape index (κ1) is 39.0. The van der Waals surface area contributed by atoms with Crippen molar-refractivity contribution in [2.75, 3.05) is 79.5 Å². The molecule has 43 heavy (non-hydrogen) atoms. The Hall–Kier alpha value is -1.98. The lowest BCUT2D eigenvalue weighted by Gasteiger charge is -2.22. The van der Waals surface area contributed by atoms with Gasteiger partial charge in [-0.3, -0.25) is 9.59 Å². The summed E-state index contributed by atoms with van der Waals surface area (Å²) in [5.74, 6) is 6.29. The number of hydrogen-bond donors (Lipinski definition) is 3. The van der Waals surface area contributed by atoms with E-state index in [0.29, 0.717) is 96.6 Å². The number of rotatable bonds is 24. The van der Waals surface area contributed by atoms with E-state index in [1.54, 1.807) is 33.7 Å². The van der Waals surface area contributed by atoms with Gasteiger partial charge in [0.05, 0.1) is 33.0 Å². The number of amides is 2. The Morgan fingerprint density at radius 2 is 1.70 bits per heavy atom. The van der Waals surface area contributed by atoms with Gasteiger partial charge in [-0.15, -0.1) is 5.92 Å². The van der Waals surface area contributed by atoms with Crippen molar-refractivity contribution in [3.05, 3.63) is 29.8 Å². The molecule has 10 nitrogen and oxygen atoms in total. The first-order chi connectivity index (χ1) is 20.7. The summed E-state index contributed by atoms with van der Waals surface area (Å²) in [5, 5.41) is 8.70. The van der Waals surface area contributed by atoms with Crippen LogP contribution in [0.1, 0.15) is 57.3 Å². The highest BCUT2D eigenvalue weighted by molar-refractivity contribution is 8.77. The molecule has 3 N–H and O–H groups in total. The van der Waals surface area contributed by atoms with Crippen molar-refractivity contribution in [3.63, 3.8) is 0 Å². The maximum absolute atomic E-state index is 12.4. The van der Waals surface area contributed by atoms with Gasteiger partial charge in [0.25, 0.3) is 5.91 Å². The first-order valence-corrected chi connectivity index (χ1v) is 17.0. The predicted molar refractivity (Wildman–Crippen MR) is 176 cm³/mol. The number of benzene rings is 1. The monoisotopic (exact) mass is 641 g/mol. The SMILES string of the molecule is CCC#CCOCCNC(=O)CCCOCCOCCOC(COc1cccc(C(=O)NCCNC)c1)SSC(C)(C)C. The molecule has 1 rings (SSSR count). The molecule has 0 aliphatic heterocycles. The third kappa shape index (κ3) is 23.1. The number of carbonyl (C=O) groups is 2. The summed E-state index contributed by atoms with van der Waals surface area (Å²) in [6.07, 6.45) is 1.87. The van der Waals surface area contributed by atoms with Gasteiger partial charge in [-0.05, 0) is 31.7 Å². The van der Waals surface area contributed by atoms with E-state index in [9.17, 15) is 9.59 Å². The van der Waals surface area contributed by atoms with Crippen LogP contribution >= 0.6 is 21.6 Å². The van der Waals surface area contributed by atoms with Crippen molar-refractivity contribution in [1.82, 2.24) is 16.0 Å². The summed E-state index contributed by atoms with van der Waals surface area (Å²) in [4.78, 5) is 24.2. The standard InChI is InChI=1S/C31H51N3O7S2/c1-6-7-8-17-37-19-16-33-28(35)13-10-18-38-20-21-39-22-23-40-29(42-43-31(2,3)4)25-41-27-12-9-11-26(24-27)30(36)34-15-14-32-5/h9,11-12,24,29,32H,6,10,13-23,25H2,1-5H3,(H,33,35)(H,34,36). The molecule has 2 amide bonds. The fourth-order valence-electron chi connectivity index (χ4n) is 3.14. The Morgan fingerprint density at radius 3 is 2.44 bits per heavy atom. The highest BCUT2D eigenvalue weighted by Crippen LogP contribution is 2.38. The van der Waals surface area contributed by atoms with Gasteiger partial charge in [-0.2, -0.15) is 0 Å². The molecule has 12 heteroatoms. The highest BCUT2D eigenvalue weighted by Gasteiger charge is 2.18. The minimum Gasteiger partial charge on any atom is -0.490 e. The Bertz CT molecular complexity index is 951. The smallest absolute Gasteiger partial charge is 0.251 e. The van der Waals surface area contributed by atoms with Gasteiger partial charge < -0.3 is 39.6 Å². The fraction of sp³-hybridized carbons (Fsp3) is 0.677. The number of nitrogens with one attached hydrogen (secondary N) is 3. The van der Waals surface area contributed by atoms with Gasteiger partial charge >= 0.3 is 0 Å². The average Bonchev–Trinajstić information content (AvgIpc) is 2.98. The molecule has 0 spiro atoms. The predicted octanol–water partition coefficient (Wildman–Crippen LogP) is 3.90. The van der Waals surface area contributed by atoms with E-state index in [0.717, 1.165) is 6.42 Å². The molecule has 0 heterocycles. The van der Waals surface area contributed by atoms with Crippen LogP contribution in [0, 0.1) is 11.8 Å². The van der Waals surface area contributed by atoms with Crippen LogP contribution in [0.3, 0.4) is 0 Å². The maximum Gasteiger partial charge on any atom is 0.251 e. The summed E-state index contributed by atoms with van der Waals surface area (Å²) in [5.41, 5.74) is 0.334. The molecule has 0 fully saturated rings. The van der Waals surface area contributed by atoms with Crippen molar-refractivity contribution in [2.24, 2.45) is 0 Å². The van der Waals surface area contributed by atoms with Crippen LogP contribution in [-0.2, 0) is 23.7 Å². The van der Waals surface area contributed by atoms with Crippen LogP contribution in [0.25, 0.3) is 0 Å². The van der Waals surface area contributed by atoms with Gasteiger partial charge in [0.15, 0.2) is 0 Å². The third-order valence-electron chi connectivity index (χ3n) is 5.19. The number of carbonyl (C=O) groups excluding carboxylic acids is 2. The van der Waals surface area contributed by atoms with Crippen molar-refractivity contribution in [1.29, 1.82) is 0 Å². The van der Waals surface area contributed by atoms with E-state index >= 15 is 0 Å². The van der Waals surface area contributed by atoms with Crippen molar-refractivity contribution in [3.8, 4) is 17.6 Å². The minimum atomic E-state index is -0.218. The van der Waals surface area contributed by atoms with Gasteiger partial charge in [0.2, 0.25) is 5.91 Å². The molecule has 1 aromatic rings.